The van der Waals surface area contributed by atoms with Crippen molar-refractivity contribution in [1.29, 1.82) is 0 Å². The number of thiazole rings is 1. The van der Waals surface area contributed by atoms with Crippen molar-refractivity contribution in [1.82, 2.24) is 25.2 Å². The summed E-state index contributed by atoms with van der Waals surface area (Å²) in [4.78, 5) is 27.0. The Bertz CT molecular complexity index is 1660. The Kier molecular flexibility index (Phi) is 9.58. The maximum atomic E-state index is 14.1. The van der Waals surface area contributed by atoms with Gasteiger partial charge < -0.3 is 5.32 Å². The molecule has 6 nitrogen and oxygen atoms in total. The predicted molar refractivity (Wildman–Crippen MR) is 162 cm³/mol. The fourth-order valence-corrected chi connectivity index (χ4v) is 5.82. The van der Waals surface area contributed by atoms with Crippen LogP contribution in [0.2, 0.25) is 0 Å². The Hall–Kier alpha value is -4.41. The van der Waals surface area contributed by atoms with E-state index in [0.717, 1.165) is 45.7 Å². The zero-order valence-electron chi connectivity index (χ0n) is 23.5. The number of carbonyl (C=O) groups is 1. The molecule has 0 bridgehead atoms. The fraction of sp³-hybridized carbons (Fsp3) is 0.212. The molecule has 0 saturated heterocycles. The minimum atomic E-state index is -4.77. The van der Waals surface area contributed by atoms with Crippen LogP contribution in [0.25, 0.3) is 21.7 Å². The van der Waals surface area contributed by atoms with E-state index in [2.05, 4.69) is 25.2 Å². The number of benzene rings is 2. The smallest absolute Gasteiger partial charge is 0.351 e. The molecule has 1 N–H and O–H groups in total. The highest BCUT2D eigenvalue weighted by Crippen LogP contribution is 2.39. The van der Waals surface area contributed by atoms with E-state index in [-0.39, 0.29) is 11.6 Å². The van der Waals surface area contributed by atoms with Crippen molar-refractivity contribution < 1.29 is 18.0 Å². The lowest BCUT2D eigenvalue weighted by Gasteiger charge is -2.21. The molecule has 0 saturated carbocycles. The van der Waals surface area contributed by atoms with Crippen LogP contribution in [0.5, 0.6) is 0 Å². The Morgan fingerprint density at radius 2 is 1.67 bits per heavy atom. The number of halogens is 3. The molecule has 3 heterocycles. The van der Waals surface area contributed by atoms with Gasteiger partial charge in [-0.2, -0.15) is 13.2 Å². The number of alkyl halides is 3. The van der Waals surface area contributed by atoms with Crippen molar-refractivity contribution in [3.63, 3.8) is 0 Å². The van der Waals surface area contributed by atoms with Gasteiger partial charge in [0, 0.05) is 50.0 Å². The summed E-state index contributed by atoms with van der Waals surface area (Å²) in [5.74, 6) is -0.787. The number of aromatic nitrogens is 3. The molecule has 5 rings (SSSR count). The zero-order valence-corrected chi connectivity index (χ0v) is 24.3. The standard InChI is InChI=1S/C33H30F3N5OS/c1-2-41(21-24-12-16-37-17-13-24)22-27-8-3-4-11-28(27)32-40-30(33(34,35)36)29(43-32)31(42)39-18-14-23-7-5-9-25(19-23)26-10-6-15-38-20-26/h3-13,15-17,19-20H,2,14,18,21-22H2,1H3,(H,39,42). The third kappa shape index (κ3) is 7.71. The van der Waals surface area contributed by atoms with Crippen molar-refractivity contribution in [2.45, 2.75) is 32.6 Å². The van der Waals surface area contributed by atoms with Crippen LogP contribution >= 0.6 is 11.3 Å². The Balaban J connectivity index is 1.32. The SMILES string of the molecule is CCN(Cc1ccncc1)Cc1ccccc1-c1nc(C(F)(F)F)c(C(=O)NCCc2cccc(-c3cccnc3)c2)s1. The first-order valence-corrected chi connectivity index (χ1v) is 14.7. The third-order valence-electron chi connectivity index (χ3n) is 6.97. The average Bonchev–Trinajstić information content (AvgIpc) is 3.49. The van der Waals surface area contributed by atoms with Gasteiger partial charge in [-0.15, -0.1) is 11.3 Å². The minimum absolute atomic E-state index is 0.164. The predicted octanol–water partition coefficient (Wildman–Crippen LogP) is 7.28. The number of rotatable bonds is 11. The summed E-state index contributed by atoms with van der Waals surface area (Å²) in [7, 11) is 0. The lowest BCUT2D eigenvalue weighted by molar-refractivity contribution is -0.141. The van der Waals surface area contributed by atoms with E-state index < -0.39 is 22.7 Å². The van der Waals surface area contributed by atoms with Crippen molar-refractivity contribution in [2.24, 2.45) is 0 Å². The Labute approximate surface area is 252 Å². The largest absolute Gasteiger partial charge is 0.435 e. The molecule has 1 amide bonds. The number of hydrogen-bond donors (Lipinski definition) is 1. The summed E-state index contributed by atoms with van der Waals surface area (Å²) in [6.07, 6.45) is 2.62. The molecule has 0 radical (unpaired) electrons. The summed E-state index contributed by atoms with van der Waals surface area (Å²) < 4.78 is 42.3. The maximum absolute atomic E-state index is 14.1. The van der Waals surface area contributed by atoms with Crippen LogP contribution in [-0.2, 0) is 25.7 Å². The van der Waals surface area contributed by atoms with Crippen LogP contribution in [0, 0.1) is 0 Å². The number of nitrogens with one attached hydrogen (secondary N) is 1. The van der Waals surface area contributed by atoms with Gasteiger partial charge in [-0.3, -0.25) is 19.7 Å². The molecule has 0 aliphatic carbocycles. The second kappa shape index (κ2) is 13.7. The Morgan fingerprint density at radius 1 is 0.884 bits per heavy atom. The summed E-state index contributed by atoms with van der Waals surface area (Å²) in [6.45, 7) is 4.12. The summed E-state index contributed by atoms with van der Waals surface area (Å²) >= 11 is 0.770. The highest BCUT2D eigenvalue weighted by Gasteiger charge is 2.40. The van der Waals surface area contributed by atoms with Crippen LogP contribution in [0.4, 0.5) is 13.2 Å². The van der Waals surface area contributed by atoms with Gasteiger partial charge in [-0.25, -0.2) is 4.98 Å². The molecule has 0 unspecified atom stereocenters. The van der Waals surface area contributed by atoms with Gasteiger partial charge in [0.1, 0.15) is 9.88 Å². The number of carbonyl (C=O) groups excluding carboxylic acids is 1. The lowest BCUT2D eigenvalue weighted by Crippen LogP contribution is -2.27. The molecule has 10 heteroatoms. The number of pyridine rings is 2. The van der Waals surface area contributed by atoms with Crippen LogP contribution < -0.4 is 5.32 Å². The molecule has 3 aromatic heterocycles. The van der Waals surface area contributed by atoms with Gasteiger partial charge in [0.25, 0.3) is 5.91 Å². The molecule has 0 aliphatic heterocycles. The van der Waals surface area contributed by atoms with Crippen molar-refractivity contribution >= 4 is 17.2 Å². The monoisotopic (exact) mass is 601 g/mol. The van der Waals surface area contributed by atoms with E-state index in [1.165, 1.54) is 0 Å². The highest BCUT2D eigenvalue weighted by molar-refractivity contribution is 7.17. The molecule has 0 atom stereocenters. The van der Waals surface area contributed by atoms with E-state index >= 15 is 0 Å². The quantitative estimate of drug-likeness (QED) is 0.172. The molecule has 0 aliphatic rings. The van der Waals surface area contributed by atoms with Crippen molar-refractivity contribution in [3.05, 3.63) is 125 Å². The van der Waals surface area contributed by atoms with E-state index in [1.807, 2.05) is 67.6 Å². The van der Waals surface area contributed by atoms with E-state index in [9.17, 15) is 18.0 Å². The molecule has 43 heavy (non-hydrogen) atoms. The van der Waals surface area contributed by atoms with Gasteiger partial charge >= 0.3 is 6.18 Å². The van der Waals surface area contributed by atoms with Crippen molar-refractivity contribution in [3.8, 4) is 21.7 Å². The van der Waals surface area contributed by atoms with Crippen LogP contribution in [0.3, 0.4) is 0 Å². The van der Waals surface area contributed by atoms with Gasteiger partial charge in [0.05, 0.1) is 0 Å². The van der Waals surface area contributed by atoms with Gasteiger partial charge in [0.15, 0.2) is 5.69 Å². The molecular weight excluding hydrogens is 571 g/mol. The highest BCUT2D eigenvalue weighted by atomic mass is 32.1. The van der Waals surface area contributed by atoms with Crippen LogP contribution in [-0.4, -0.2) is 38.8 Å². The topological polar surface area (TPSA) is 71.0 Å². The fourth-order valence-electron chi connectivity index (χ4n) is 4.76. The molecule has 2 aromatic carbocycles. The maximum Gasteiger partial charge on any atom is 0.435 e. The number of nitrogens with zero attached hydrogens (tertiary/aromatic N) is 4. The third-order valence-corrected chi connectivity index (χ3v) is 8.05. The molecule has 220 valence electrons. The first kappa shape index (κ1) is 30.1. The molecule has 5 aromatic rings. The van der Waals surface area contributed by atoms with E-state index in [1.54, 1.807) is 36.9 Å². The molecule has 0 spiro atoms. The molecular formula is C33H30F3N5OS. The number of amides is 1. The normalized spacial score (nSPS) is 11.6. The molecule has 0 fully saturated rings. The average molecular weight is 602 g/mol. The summed E-state index contributed by atoms with van der Waals surface area (Å²) in [6, 6.07) is 22.7. The summed E-state index contributed by atoms with van der Waals surface area (Å²) in [5, 5.41) is 2.84. The van der Waals surface area contributed by atoms with Crippen molar-refractivity contribution in [2.75, 3.05) is 13.1 Å². The minimum Gasteiger partial charge on any atom is -0.351 e. The Morgan fingerprint density at radius 3 is 2.42 bits per heavy atom. The first-order valence-electron chi connectivity index (χ1n) is 13.9. The summed E-state index contributed by atoms with van der Waals surface area (Å²) in [5.41, 5.74) is 4.22. The van der Waals surface area contributed by atoms with Crippen LogP contribution in [0.15, 0.2) is 97.6 Å². The second-order valence-electron chi connectivity index (χ2n) is 9.96. The number of hydrogen-bond acceptors (Lipinski definition) is 6. The second-order valence-corrected chi connectivity index (χ2v) is 11.0. The van der Waals surface area contributed by atoms with Gasteiger partial charge in [0.2, 0.25) is 0 Å². The van der Waals surface area contributed by atoms with Gasteiger partial charge in [-0.1, -0.05) is 61.5 Å². The zero-order chi connectivity index (χ0) is 30.2. The first-order chi connectivity index (χ1) is 20.8. The van der Waals surface area contributed by atoms with Crippen LogP contribution in [0.1, 0.15) is 39.0 Å². The van der Waals surface area contributed by atoms with E-state index in [0.29, 0.717) is 25.1 Å². The van der Waals surface area contributed by atoms with Gasteiger partial charge in [-0.05, 0) is 59.0 Å². The van der Waals surface area contributed by atoms with E-state index in [4.69, 9.17) is 0 Å². The lowest BCUT2D eigenvalue weighted by atomic mass is 10.0.